The second-order valence-electron chi connectivity index (χ2n) is 2.86. The van der Waals surface area contributed by atoms with Gasteiger partial charge in [-0.3, -0.25) is 0 Å². The van der Waals surface area contributed by atoms with Gasteiger partial charge in [-0.25, -0.2) is 0 Å². The molecule has 1 atom stereocenters. The van der Waals surface area contributed by atoms with E-state index in [1.807, 2.05) is 6.07 Å². The van der Waals surface area contributed by atoms with E-state index in [1.165, 1.54) is 7.11 Å². The van der Waals surface area contributed by atoms with Crippen LogP contribution < -0.4 is 10.5 Å². The lowest BCUT2D eigenvalue weighted by molar-refractivity contribution is 0.264. The van der Waals surface area contributed by atoms with E-state index < -0.39 is 6.04 Å². The Morgan fingerprint density at radius 2 is 2.36 bits per heavy atom. The third-order valence-corrected chi connectivity index (χ3v) is 1.95. The van der Waals surface area contributed by atoms with Gasteiger partial charge in [0.05, 0.1) is 31.4 Å². The second-order valence-corrected chi connectivity index (χ2v) is 2.86. The first kappa shape index (κ1) is 10.5. The maximum Gasteiger partial charge on any atom is 0.123 e. The Bertz CT molecular complexity index is 358. The summed E-state index contributed by atoms with van der Waals surface area (Å²) in [5.74, 6) is 0.588. The molecule has 0 saturated carbocycles. The van der Waals surface area contributed by atoms with Crippen molar-refractivity contribution in [1.82, 2.24) is 0 Å². The van der Waals surface area contributed by atoms with Crippen molar-refractivity contribution < 1.29 is 9.84 Å². The van der Waals surface area contributed by atoms with Crippen LogP contribution in [0.1, 0.15) is 17.2 Å². The van der Waals surface area contributed by atoms with Crippen LogP contribution in [0.25, 0.3) is 0 Å². The normalized spacial score (nSPS) is 11.9. The molecule has 0 saturated heterocycles. The average molecular weight is 192 g/mol. The fraction of sp³-hybridized carbons (Fsp3) is 0.300. The van der Waals surface area contributed by atoms with Crippen molar-refractivity contribution in [2.45, 2.75) is 6.04 Å². The molecule has 1 aromatic rings. The van der Waals surface area contributed by atoms with Gasteiger partial charge in [0.15, 0.2) is 0 Å². The van der Waals surface area contributed by atoms with Gasteiger partial charge in [0.2, 0.25) is 0 Å². The molecule has 0 radical (unpaired) electrons. The van der Waals surface area contributed by atoms with Crippen LogP contribution in [0.15, 0.2) is 18.2 Å². The Balaban J connectivity index is 3.16. The van der Waals surface area contributed by atoms with E-state index in [1.54, 1.807) is 18.2 Å². The van der Waals surface area contributed by atoms with Crippen LogP contribution in [0.5, 0.6) is 5.75 Å². The minimum atomic E-state index is -0.516. The van der Waals surface area contributed by atoms with Crippen molar-refractivity contribution in [2.75, 3.05) is 13.7 Å². The SMILES string of the molecule is COc1ccc(C#N)cc1C(N)CO. The number of aliphatic hydroxyl groups excluding tert-OH is 1. The third kappa shape index (κ3) is 2.02. The van der Waals surface area contributed by atoms with Gasteiger partial charge in [-0.15, -0.1) is 0 Å². The third-order valence-electron chi connectivity index (χ3n) is 1.95. The quantitative estimate of drug-likeness (QED) is 0.733. The summed E-state index contributed by atoms with van der Waals surface area (Å²) >= 11 is 0. The summed E-state index contributed by atoms with van der Waals surface area (Å²) < 4.78 is 5.07. The molecule has 0 heterocycles. The average Bonchev–Trinajstić information content (AvgIpc) is 2.27. The molecule has 4 nitrogen and oxygen atoms in total. The van der Waals surface area contributed by atoms with Gasteiger partial charge in [0, 0.05) is 5.56 Å². The molecule has 0 aliphatic rings. The smallest absolute Gasteiger partial charge is 0.123 e. The summed E-state index contributed by atoms with van der Waals surface area (Å²) in [6, 6.07) is 6.43. The molecular formula is C10H12N2O2. The summed E-state index contributed by atoms with van der Waals surface area (Å²) in [6.07, 6.45) is 0. The maximum atomic E-state index is 8.91. The lowest BCUT2D eigenvalue weighted by atomic mass is 10.0. The first-order valence-corrected chi connectivity index (χ1v) is 4.17. The molecule has 0 fully saturated rings. The zero-order valence-corrected chi connectivity index (χ0v) is 7.90. The van der Waals surface area contributed by atoms with Crippen molar-refractivity contribution in [3.8, 4) is 11.8 Å². The number of hydrogen-bond donors (Lipinski definition) is 2. The van der Waals surface area contributed by atoms with Crippen LogP contribution >= 0.6 is 0 Å². The number of nitrogens with two attached hydrogens (primary N) is 1. The highest BCUT2D eigenvalue weighted by Gasteiger charge is 2.11. The van der Waals surface area contributed by atoms with Crippen molar-refractivity contribution in [3.05, 3.63) is 29.3 Å². The number of ether oxygens (including phenoxy) is 1. The van der Waals surface area contributed by atoms with E-state index in [-0.39, 0.29) is 6.61 Å². The highest BCUT2D eigenvalue weighted by molar-refractivity contribution is 5.43. The molecule has 0 spiro atoms. The largest absolute Gasteiger partial charge is 0.496 e. The highest BCUT2D eigenvalue weighted by Crippen LogP contribution is 2.24. The second kappa shape index (κ2) is 4.61. The lowest BCUT2D eigenvalue weighted by Crippen LogP contribution is -2.15. The standard InChI is InChI=1S/C10H12N2O2/c1-14-10-3-2-7(5-11)4-8(10)9(12)6-13/h2-4,9,13H,6,12H2,1H3. The Morgan fingerprint density at radius 1 is 1.64 bits per heavy atom. The molecule has 0 bridgehead atoms. The minimum Gasteiger partial charge on any atom is -0.496 e. The van der Waals surface area contributed by atoms with Crippen LogP contribution in [0.3, 0.4) is 0 Å². The van der Waals surface area contributed by atoms with Crippen molar-refractivity contribution in [3.63, 3.8) is 0 Å². The van der Waals surface area contributed by atoms with E-state index >= 15 is 0 Å². The van der Waals surface area contributed by atoms with Gasteiger partial charge in [0.1, 0.15) is 5.75 Å². The molecule has 1 rings (SSSR count). The summed E-state index contributed by atoms with van der Waals surface area (Å²) in [4.78, 5) is 0. The molecule has 1 aromatic carbocycles. The van der Waals surface area contributed by atoms with Gasteiger partial charge >= 0.3 is 0 Å². The fourth-order valence-electron chi connectivity index (χ4n) is 1.19. The first-order chi connectivity index (χ1) is 6.72. The van der Waals surface area contributed by atoms with Crippen molar-refractivity contribution in [2.24, 2.45) is 5.73 Å². The van der Waals surface area contributed by atoms with Crippen LogP contribution in [0.2, 0.25) is 0 Å². The number of nitriles is 1. The highest BCUT2D eigenvalue weighted by atomic mass is 16.5. The fourth-order valence-corrected chi connectivity index (χ4v) is 1.19. The number of hydrogen-bond acceptors (Lipinski definition) is 4. The van der Waals surface area contributed by atoms with E-state index in [2.05, 4.69) is 0 Å². The van der Waals surface area contributed by atoms with Gasteiger partial charge < -0.3 is 15.6 Å². The van der Waals surface area contributed by atoms with Crippen molar-refractivity contribution >= 4 is 0 Å². The number of nitrogens with zero attached hydrogens (tertiary/aromatic N) is 1. The molecular weight excluding hydrogens is 180 g/mol. The molecule has 1 unspecified atom stereocenters. The number of rotatable bonds is 3. The zero-order valence-electron chi connectivity index (χ0n) is 7.90. The zero-order chi connectivity index (χ0) is 10.6. The molecule has 4 heteroatoms. The van der Waals surface area contributed by atoms with Crippen LogP contribution in [-0.4, -0.2) is 18.8 Å². The summed E-state index contributed by atoms with van der Waals surface area (Å²) in [7, 11) is 1.52. The van der Waals surface area contributed by atoms with Crippen molar-refractivity contribution in [1.29, 1.82) is 5.26 Å². The maximum absolute atomic E-state index is 8.91. The molecule has 0 aromatic heterocycles. The van der Waals surface area contributed by atoms with Gasteiger partial charge in [-0.2, -0.15) is 5.26 Å². The number of benzene rings is 1. The lowest BCUT2D eigenvalue weighted by Gasteiger charge is -2.13. The number of aliphatic hydroxyl groups is 1. The number of methoxy groups -OCH3 is 1. The predicted octanol–water partition coefficient (Wildman–Crippen LogP) is 0.559. The van der Waals surface area contributed by atoms with Crippen LogP contribution in [-0.2, 0) is 0 Å². The summed E-state index contributed by atoms with van der Waals surface area (Å²) in [5.41, 5.74) is 6.81. The van der Waals surface area contributed by atoms with Crippen LogP contribution in [0.4, 0.5) is 0 Å². The Morgan fingerprint density at radius 3 is 2.86 bits per heavy atom. The van der Waals surface area contributed by atoms with Crippen LogP contribution in [0, 0.1) is 11.3 Å². The molecule has 3 N–H and O–H groups in total. The monoisotopic (exact) mass is 192 g/mol. The molecule has 0 amide bonds. The van der Waals surface area contributed by atoms with E-state index in [0.717, 1.165) is 0 Å². The molecule has 14 heavy (non-hydrogen) atoms. The Kier molecular flexibility index (Phi) is 3.46. The molecule has 0 aliphatic heterocycles. The van der Waals surface area contributed by atoms with E-state index in [9.17, 15) is 0 Å². The first-order valence-electron chi connectivity index (χ1n) is 4.17. The van der Waals surface area contributed by atoms with Gasteiger partial charge in [0.25, 0.3) is 0 Å². The predicted molar refractivity (Wildman–Crippen MR) is 51.7 cm³/mol. The summed E-state index contributed by atoms with van der Waals surface area (Å²) in [5, 5.41) is 17.6. The van der Waals surface area contributed by atoms with E-state index in [4.69, 9.17) is 20.8 Å². The topological polar surface area (TPSA) is 79.3 Å². The molecule has 74 valence electrons. The Labute approximate surface area is 82.5 Å². The van der Waals surface area contributed by atoms with Gasteiger partial charge in [-0.1, -0.05) is 0 Å². The molecule has 0 aliphatic carbocycles. The summed E-state index contributed by atoms with van der Waals surface area (Å²) in [6.45, 7) is -0.175. The Hall–Kier alpha value is -1.57. The minimum absolute atomic E-state index is 0.175. The van der Waals surface area contributed by atoms with Gasteiger partial charge in [-0.05, 0) is 18.2 Å². The van der Waals surface area contributed by atoms with E-state index in [0.29, 0.717) is 16.9 Å².